The van der Waals surface area contributed by atoms with Gasteiger partial charge in [0.2, 0.25) is 0 Å². The van der Waals surface area contributed by atoms with Crippen LogP contribution in [-0.2, 0) is 4.79 Å². The van der Waals surface area contributed by atoms with E-state index in [2.05, 4.69) is 17.6 Å². The van der Waals surface area contributed by atoms with E-state index in [-0.39, 0.29) is 12.5 Å². The molecule has 0 spiro atoms. The van der Waals surface area contributed by atoms with Crippen molar-refractivity contribution in [1.82, 2.24) is 10.6 Å². The van der Waals surface area contributed by atoms with Crippen LogP contribution >= 0.6 is 0 Å². The van der Waals surface area contributed by atoms with Gasteiger partial charge in [0, 0.05) is 19.5 Å². The minimum Gasteiger partial charge on any atom is -0.481 e. The Labute approximate surface area is 116 Å². The lowest BCUT2D eigenvalue weighted by atomic mass is 10.1. The molecule has 3 N–H and O–H groups in total. The van der Waals surface area contributed by atoms with E-state index in [1.165, 1.54) is 32.1 Å². The third-order valence-corrected chi connectivity index (χ3v) is 2.92. The summed E-state index contributed by atoms with van der Waals surface area (Å²) >= 11 is 0. The summed E-state index contributed by atoms with van der Waals surface area (Å²) < 4.78 is 0. The van der Waals surface area contributed by atoms with Gasteiger partial charge < -0.3 is 15.7 Å². The summed E-state index contributed by atoms with van der Waals surface area (Å²) in [6.07, 6.45) is 8.74. The normalized spacial score (nSPS) is 10.2. The molecule has 0 saturated carbocycles. The van der Waals surface area contributed by atoms with Gasteiger partial charge in [-0.05, 0) is 19.3 Å². The van der Waals surface area contributed by atoms with Gasteiger partial charge in [0.25, 0.3) is 0 Å². The molecule has 0 aliphatic heterocycles. The summed E-state index contributed by atoms with van der Waals surface area (Å²) in [6, 6.07) is -0.149. The van der Waals surface area contributed by atoms with Gasteiger partial charge in [-0.25, -0.2) is 4.79 Å². The molecule has 0 unspecified atom stereocenters. The zero-order valence-electron chi connectivity index (χ0n) is 12.0. The number of carbonyl (C=O) groups is 2. The minimum absolute atomic E-state index is 0.149. The van der Waals surface area contributed by atoms with E-state index < -0.39 is 5.97 Å². The summed E-state index contributed by atoms with van der Waals surface area (Å²) in [4.78, 5) is 21.6. The Morgan fingerprint density at radius 3 is 1.95 bits per heavy atom. The fourth-order valence-electron chi connectivity index (χ4n) is 1.77. The second-order valence-corrected chi connectivity index (χ2v) is 4.80. The molecule has 0 aliphatic carbocycles. The molecular weight excluding hydrogens is 244 g/mol. The van der Waals surface area contributed by atoms with Crippen LogP contribution in [0.5, 0.6) is 0 Å². The summed E-state index contributed by atoms with van der Waals surface area (Å²) in [7, 11) is 0. The maximum Gasteiger partial charge on any atom is 0.314 e. The summed E-state index contributed by atoms with van der Waals surface area (Å²) in [5.41, 5.74) is 0. The molecule has 0 aromatic heterocycles. The number of hydrogen-bond donors (Lipinski definition) is 3. The summed E-state index contributed by atoms with van der Waals surface area (Å²) in [5.74, 6) is -0.785. The molecule has 5 nitrogen and oxygen atoms in total. The van der Waals surface area contributed by atoms with Gasteiger partial charge in [-0.2, -0.15) is 0 Å². The average molecular weight is 272 g/mol. The van der Waals surface area contributed by atoms with Crippen LogP contribution in [0.3, 0.4) is 0 Å². The van der Waals surface area contributed by atoms with Gasteiger partial charge in [-0.15, -0.1) is 0 Å². The zero-order valence-corrected chi connectivity index (χ0v) is 12.0. The zero-order chi connectivity index (χ0) is 14.3. The third-order valence-electron chi connectivity index (χ3n) is 2.92. The first kappa shape index (κ1) is 17.7. The molecule has 0 aromatic carbocycles. The number of unbranched alkanes of at least 4 members (excludes halogenated alkanes) is 6. The second kappa shape index (κ2) is 13.2. The molecule has 19 heavy (non-hydrogen) atoms. The van der Waals surface area contributed by atoms with Gasteiger partial charge in [0.05, 0.1) is 0 Å². The first-order valence-corrected chi connectivity index (χ1v) is 7.40. The predicted molar refractivity (Wildman–Crippen MR) is 76.3 cm³/mol. The topological polar surface area (TPSA) is 78.4 Å². The Morgan fingerprint density at radius 2 is 1.37 bits per heavy atom. The highest BCUT2D eigenvalue weighted by molar-refractivity contribution is 5.73. The van der Waals surface area contributed by atoms with E-state index in [9.17, 15) is 9.59 Å². The number of nitrogens with one attached hydrogen (secondary N) is 2. The molecular formula is C14H28N2O3. The highest BCUT2D eigenvalue weighted by Gasteiger charge is 2.00. The number of carboxylic acid groups (broad SMARTS) is 1. The lowest BCUT2D eigenvalue weighted by Gasteiger charge is -2.07. The van der Waals surface area contributed by atoms with Crippen LogP contribution in [-0.4, -0.2) is 30.2 Å². The van der Waals surface area contributed by atoms with E-state index in [1.807, 2.05) is 0 Å². The molecule has 0 aromatic rings. The van der Waals surface area contributed by atoms with Gasteiger partial charge in [0.1, 0.15) is 0 Å². The second-order valence-electron chi connectivity index (χ2n) is 4.80. The number of amides is 2. The van der Waals surface area contributed by atoms with Crippen LogP contribution in [0.15, 0.2) is 0 Å². The number of carbonyl (C=O) groups excluding carboxylic acids is 1. The van der Waals surface area contributed by atoms with E-state index >= 15 is 0 Å². The molecule has 112 valence electrons. The van der Waals surface area contributed by atoms with Crippen molar-refractivity contribution < 1.29 is 14.7 Å². The molecule has 0 heterocycles. The Kier molecular flexibility index (Phi) is 12.3. The van der Waals surface area contributed by atoms with Crippen molar-refractivity contribution in [2.24, 2.45) is 0 Å². The highest BCUT2D eigenvalue weighted by atomic mass is 16.4. The molecule has 0 aliphatic rings. The standard InChI is InChI=1S/C14H28N2O3/c1-2-3-4-5-6-8-11-15-14(19)16-12-9-7-10-13(17)18/h2-12H2,1H3,(H,17,18)(H2,15,16,19). The average Bonchev–Trinajstić information content (AvgIpc) is 2.37. The van der Waals surface area contributed by atoms with Crippen LogP contribution in [0, 0.1) is 0 Å². The van der Waals surface area contributed by atoms with Crippen molar-refractivity contribution in [2.75, 3.05) is 13.1 Å². The highest BCUT2D eigenvalue weighted by Crippen LogP contribution is 2.03. The monoisotopic (exact) mass is 272 g/mol. The SMILES string of the molecule is CCCCCCCCNC(=O)NCCCCC(=O)O. The van der Waals surface area contributed by atoms with Crippen LogP contribution < -0.4 is 10.6 Å². The molecule has 0 bridgehead atoms. The number of carboxylic acids is 1. The van der Waals surface area contributed by atoms with Crippen molar-refractivity contribution >= 4 is 12.0 Å². The molecule has 2 amide bonds. The van der Waals surface area contributed by atoms with Crippen molar-refractivity contribution in [3.63, 3.8) is 0 Å². The molecule has 0 fully saturated rings. The Hall–Kier alpha value is -1.26. The first-order valence-electron chi connectivity index (χ1n) is 7.40. The van der Waals surface area contributed by atoms with Crippen LogP contribution in [0.4, 0.5) is 4.79 Å². The van der Waals surface area contributed by atoms with Crippen molar-refractivity contribution in [1.29, 1.82) is 0 Å². The van der Waals surface area contributed by atoms with E-state index in [1.54, 1.807) is 0 Å². The first-order chi connectivity index (χ1) is 9.16. The Morgan fingerprint density at radius 1 is 0.842 bits per heavy atom. The number of hydrogen-bond acceptors (Lipinski definition) is 2. The van der Waals surface area contributed by atoms with Crippen LogP contribution in [0.2, 0.25) is 0 Å². The maximum absolute atomic E-state index is 11.3. The van der Waals surface area contributed by atoms with Crippen molar-refractivity contribution in [3.8, 4) is 0 Å². The molecule has 0 rings (SSSR count). The minimum atomic E-state index is -0.785. The van der Waals surface area contributed by atoms with Gasteiger partial charge >= 0.3 is 12.0 Å². The number of aliphatic carboxylic acids is 1. The van der Waals surface area contributed by atoms with E-state index in [4.69, 9.17) is 5.11 Å². The molecule has 0 saturated heterocycles. The smallest absolute Gasteiger partial charge is 0.314 e. The maximum atomic E-state index is 11.3. The fourth-order valence-corrected chi connectivity index (χ4v) is 1.77. The summed E-state index contributed by atoms with van der Waals surface area (Å²) in [5, 5.41) is 14.0. The van der Waals surface area contributed by atoms with Gasteiger partial charge in [-0.1, -0.05) is 39.0 Å². The molecule has 0 atom stereocenters. The number of rotatable bonds is 12. The third kappa shape index (κ3) is 14.7. The lowest BCUT2D eigenvalue weighted by Crippen LogP contribution is -2.36. The van der Waals surface area contributed by atoms with E-state index in [0.29, 0.717) is 25.9 Å². The predicted octanol–water partition coefficient (Wildman–Crippen LogP) is 2.90. The van der Waals surface area contributed by atoms with Gasteiger partial charge in [0.15, 0.2) is 0 Å². The van der Waals surface area contributed by atoms with Gasteiger partial charge in [-0.3, -0.25) is 4.79 Å². The van der Waals surface area contributed by atoms with Crippen LogP contribution in [0.1, 0.15) is 64.7 Å². The van der Waals surface area contributed by atoms with Crippen LogP contribution in [0.25, 0.3) is 0 Å². The van der Waals surface area contributed by atoms with Crippen molar-refractivity contribution in [3.05, 3.63) is 0 Å². The largest absolute Gasteiger partial charge is 0.481 e. The fraction of sp³-hybridized carbons (Fsp3) is 0.857. The lowest BCUT2D eigenvalue weighted by molar-refractivity contribution is -0.137. The van der Waals surface area contributed by atoms with Crippen molar-refractivity contribution in [2.45, 2.75) is 64.7 Å². The molecule has 5 heteroatoms. The quantitative estimate of drug-likeness (QED) is 0.478. The summed E-state index contributed by atoms with van der Waals surface area (Å²) in [6.45, 7) is 3.45. The van der Waals surface area contributed by atoms with E-state index in [0.717, 1.165) is 6.42 Å². The molecule has 0 radical (unpaired) electrons. The Balaban J connectivity index is 3.19. The number of urea groups is 1. The Bertz CT molecular complexity index is 245.